The molecule has 0 spiro atoms. The average molecular weight is 457 g/mol. The van der Waals surface area contributed by atoms with E-state index in [2.05, 4.69) is 25.4 Å². The molecular formula is C25H24N6O3. The first-order valence-corrected chi connectivity index (χ1v) is 11.0. The molecule has 0 saturated carbocycles. The predicted molar refractivity (Wildman–Crippen MR) is 125 cm³/mol. The Morgan fingerprint density at radius 1 is 0.912 bits per heavy atom. The van der Waals surface area contributed by atoms with Crippen molar-refractivity contribution in [1.82, 2.24) is 30.1 Å². The summed E-state index contributed by atoms with van der Waals surface area (Å²) in [4.78, 5) is 9.17. The van der Waals surface area contributed by atoms with Gasteiger partial charge in [0.25, 0.3) is 5.89 Å². The van der Waals surface area contributed by atoms with Crippen molar-refractivity contribution in [1.29, 1.82) is 0 Å². The van der Waals surface area contributed by atoms with Gasteiger partial charge in [-0.1, -0.05) is 28.6 Å². The molecule has 5 rings (SSSR count). The molecule has 0 fully saturated rings. The molecule has 9 nitrogen and oxygen atoms in total. The third kappa shape index (κ3) is 4.32. The highest BCUT2D eigenvalue weighted by atomic mass is 16.5. The van der Waals surface area contributed by atoms with E-state index >= 15 is 0 Å². The van der Waals surface area contributed by atoms with Crippen molar-refractivity contribution in [3.05, 3.63) is 71.7 Å². The summed E-state index contributed by atoms with van der Waals surface area (Å²) in [5, 5.41) is 12.6. The Morgan fingerprint density at radius 2 is 1.68 bits per heavy atom. The van der Waals surface area contributed by atoms with Crippen LogP contribution in [0.1, 0.15) is 31.0 Å². The van der Waals surface area contributed by atoms with Gasteiger partial charge >= 0.3 is 0 Å². The highest BCUT2D eigenvalue weighted by molar-refractivity contribution is 5.59. The van der Waals surface area contributed by atoms with Gasteiger partial charge in [-0.05, 0) is 64.1 Å². The van der Waals surface area contributed by atoms with Gasteiger partial charge in [-0.25, -0.2) is 9.67 Å². The maximum Gasteiger partial charge on any atom is 0.280 e. The second kappa shape index (κ2) is 8.93. The van der Waals surface area contributed by atoms with E-state index in [9.17, 15) is 0 Å². The summed E-state index contributed by atoms with van der Waals surface area (Å²) in [6, 6.07) is 17.4. The summed E-state index contributed by atoms with van der Waals surface area (Å²) in [6.07, 6.45) is 0.110. The summed E-state index contributed by atoms with van der Waals surface area (Å²) >= 11 is 0. The first-order valence-electron chi connectivity index (χ1n) is 11.0. The summed E-state index contributed by atoms with van der Waals surface area (Å²) in [6.45, 7) is 8.19. The first kappa shape index (κ1) is 21.6. The molecule has 3 aromatic heterocycles. The zero-order valence-electron chi connectivity index (χ0n) is 19.4. The second-order valence-corrected chi connectivity index (χ2v) is 8.18. The van der Waals surface area contributed by atoms with E-state index in [0.717, 1.165) is 34.0 Å². The number of hydrogen-bond donors (Lipinski definition) is 0. The van der Waals surface area contributed by atoms with E-state index in [-0.39, 0.29) is 6.10 Å². The van der Waals surface area contributed by atoms with Crippen LogP contribution in [0.25, 0.3) is 34.4 Å². The van der Waals surface area contributed by atoms with Crippen LogP contribution < -0.4 is 4.74 Å². The van der Waals surface area contributed by atoms with Crippen LogP contribution in [0.5, 0.6) is 5.75 Å². The van der Waals surface area contributed by atoms with E-state index in [1.54, 1.807) is 4.68 Å². The molecule has 0 aliphatic heterocycles. The van der Waals surface area contributed by atoms with Gasteiger partial charge in [-0.15, -0.1) is 5.10 Å². The zero-order valence-corrected chi connectivity index (χ0v) is 19.4. The Hall–Kier alpha value is -4.27. The molecule has 5 aromatic rings. The number of aromatic nitrogens is 6. The largest absolute Gasteiger partial charge is 0.491 e. The lowest BCUT2D eigenvalue weighted by molar-refractivity contribution is 0.242. The zero-order chi connectivity index (χ0) is 23.7. The van der Waals surface area contributed by atoms with E-state index < -0.39 is 0 Å². The lowest BCUT2D eigenvalue weighted by atomic mass is 10.2. The number of benzene rings is 2. The molecule has 0 N–H and O–H groups in total. The van der Waals surface area contributed by atoms with Crippen LogP contribution in [0.3, 0.4) is 0 Å². The van der Waals surface area contributed by atoms with Crippen molar-refractivity contribution in [2.24, 2.45) is 0 Å². The third-order valence-corrected chi connectivity index (χ3v) is 5.31. The SMILES string of the molecule is Cc1oc(-c2ccccc2)nc1Cn1nnc(-c2nc(-c3ccc(OC(C)C)cc3)no2)c1C. The molecule has 172 valence electrons. The quantitative estimate of drug-likeness (QED) is 0.333. The monoisotopic (exact) mass is 456 g/mol. The van der Waals surface area contributed by atoms with Crippen molar-refractivity contribution >= 4 is 0 Å². The van der Waals surface area contributed by atoms with E-state index in [4.69, 9.17) is 13.7 Å². The standard InChI is InChI=1S/C25H24N6O3/c1-15(2)32-20-12-10-18(11-13-20)23-27-25(34-29-23)22-16(3)31(30-28-22)14-21-17(4)33-24(26-21)19-8-6-5-7-9-19/h5-13,15H,14H2,1-4H3. The highest BCUT2D eigenvalue weighted by Crippen LogP contribution is 2.26. The normalized spacial score (nSPS) is 11.3. The topological polar surface area (TPSA) is 105 Å². The van der Waals surface area contributed by atoms with Crippen molar-refractivity contribution in [2.75, 3.05) is 0 Å². The molecule has 0 radical (unpaired) electrons. The minimum atomic E-state index is 0.110. The fraction of sp³-hybridized carbons (Fsp3) is 0.240. The Labute approximate surface area is 196 Å². The van der Waals surface area contributed by atoms with Crippen LogP contribution in [-0.4, -0.2) is 36.2 Å². The fourth-order valence-corrected chi connectivity index (χ4v) is 3.52. The van der Waals surface area contributed by atoms with Gasteiger partial charge in [0, 0.05) is 11.1 Å². The predicted octanol–water partition coefficient (Wildman–Crippen LogP) is 5.10. The van der Waals surface area contributed by atoms with Gasteiger partial charge < -0.3 is 13.7 Å². The molecular weight excluding hydrogens is 432 g/mol. The molecule has 3 heterocycles. The van der Waals surface area contributed by atoms with E-state index in [0.29, 0.717) is 29.8 Å². The molecule has 0 saturated heterocycles. The number of ether oxygens (including phenoxy) is 1. The number of oxazole rings is 1. The molecule has 0 bridgehead atoms. The molecule has 0 aliphatic rings. The summed E-state index contributed by atoms with van der Waals surface area (Å²) in [5.41, 5.74) is 3.86. The number of aryl methyl sites for hydroxylation is 1. The van der Waals surface area contributed by atoms with Crippen LogP contribution >= 0.6 is 0 Å². The molecule has 0 atom stereocenters. The van der Waals surface area contributed by atoms with Crippen molar-refractivity contribution < 1.29 is 13.7 Å². The minimum absolute atomic E-state index is 0.110. The number of rotatable bonds is 7. The second-order valence-electron chi connectivity index (χ2n) is 8.18. The van der Waals surface area contributed by atoms with Crippen molar-refractivity contribution in [2.45, 2.75) is 40.3 Å². The van der Waals surface area contributed by atoms with Crippen molar-refractivity contribution in [3.63, 3.8) is 0 Å². The van der Waals surface area contributed by atoms with Crippen LogP contribution in [0.4, 0.5) is 0 Å². The van der Waals surface area contributed by atoms with E-state index in [1.165, 1.54) is 0 Å². The third-order valence-electron chi connectivity index (χ3n) is 5.31. The highest BCUT2D eigenvalue weighted by Gasteiger charge is 2.20. The van der Waals surface area contributed by atoms with Crippen molar-refractivity contribution in [3.8, 4) is 40.2 Å². The van der Waals surface area contributed by atoms with Gasteiger partial charge in [0.05, 0.1) is 18.3 Å². The van der Waals surface area contributed by atoms with Gasteiger partial charge in [-0.2, -0.15) is 4.98 Å². The smallest absolute Gasteiger partial charge is 0.280 e. The Kier molecular flexibility index (Phi) is 5.67. The summed E-state index contributed by atoms with van der Waals surface area (Å²) < 4.78 is 18.8. The van der Waals surface area contributed by atoms with Gasteiger partial charge in [0.15, 0.2) is 5.69 Å². The number of hydrogen-bond acceptors (Lipinski definition) is 8. The van der Waals surface area contributed by atoms with Crippen LogP contribution in [-0.2, 0) is 6.54 Å². The summed E-state index contributed by atoms with van der Waals surface area (Å²) in [7, 11) is 0. The minimum Gasteiger partial charge on any atom is -0.491 e. The maximum absolute atomic E-state index is 5.86. The maximum atomic E-state index is 5.86. The lowest BCUT2D eigenvalue weighted by Crippen LogP contribution is -2.05. The van der Waals surface area contributed by atoms with Gasteiger partial charge in [-0.3, -0.25) is 0 Å². The van der Waals surface area contributed by atoms with Crippen LogP contribution in [0.15, 0.2) is 63.5 Å². The molecule has 0 aliphatic carbocycles. The number of nitrogens with zero attached hydrogens (tertiary/aromatic N) is 6. The molecule has 2 aromatic carbocycles. The lowest BCUT2D eigenvalue weighted by Gasteiger charge is -2.09. The molecule has 0 unspecified atom stereocenters. The van der Waals surface area contributed by atoms with Gasteiger partial charge in [0.2, 0.25) is 11.7 Å². The van der Waals surface area contributed by atoms with Crippen LogP contribution in [0.2, 0.25) is 0 Å². The molecule has 0 amide bonds. The Morgan fingerprint density at radius 3 is 2.41 bits per heavy atom. The fourth-order valence-electron chi connectivity index (χ4n) is 3.52. The van der Waals surface area contributed by atoms with E-state index in [1.807, 2.05) is 82.3 Å². The Bertz CT molecular complexity index is 1400. The van der Waals surface area contributed by atoms with Crippen LogP contribution in [0, 0.1) is 13.8 Å². The molecule has 9 heteroatoms. The average Bonchev–Trinajstić information content (AvgIpc) is 3.55. The summed E-state index contributed by atoms with van der Waals surface area (Å²) in [5.74, 6) is 2.89. The Balaban J connectivity index is 1.35. The van der Waals surface area contributed by atoms with Gasteiger partial charge in [0.1, 0.15) is 17.2 Å². The molecule has 34 heavy (non-hydrogen) atoms. The first-order chi connectivity index (χ1) is 16.5.